The van der Waals surface area contributed by atoms with Gasteiger partial charge in [-0.1, -0.05) is 23.7 Å². The number of furan rings is 1. The van der Waals surface area contributed by atoms with Crippen molar-refractivity contribution in [3.8, 4) is 0 Å². The Labute approximate surface area is 152 Å². The number of hydrogen-bond donors (Lipinski definition) is 0. The van der Waals surface area contributed by atoms with Crippen molar-refractivity contribution >= 4 is 27.5 Å². The molecule has 2 aromatic rings. The Morgan fingerprint density at radius 3 is 2.32 bits per heavy atom. The van der Waals surface area contributed by atoms with Crippen LogP contribution in [0.4, 0.5) is 0 Å². The molecule has 134 valence electrons. The number of piperazine rings is 1. The van der Waals surface area contributed by atoms with Gasteiger partial charge >= 0.3 is 0 Å². The monoisotopic (exact) mass is 382 g/mol. The maximum atomic E-state index is 12.7. The van der Waals surface area contributed by atoms with Crippen LogP contribution in [0.5, 0.6) is 0 Å². The van der Waals surface area contributed by atoms with Gasteiger partial charge in [0.1, 0.15) is 16.4 Å². The third-order valence-corrected chi connectivity index (χ3v) is 6.65. The van der Waals surface area contributed by atoms with Gasteiger partial charge in [-0.05, 0) is 32.0 Å². The molecule has 1 saturated heterocycles. The van der Waals surface area contributed by atoms with Crippen molar-refractivity contribution in [2.75, 3.05) is 26.2 Å². The fraction of sp³-hybridized carbons (Fsp3) is 0.353. The molecule has 1 aliphatic heterocycles. The lowest BCUT2D eigenvalue weighted by molar-refractivity contribution is 0.0696. The van der Waals surface area contributed by atoms with Crippen molar-refractivity contribution < 1.29 is 17.6 Å². The van der Waals surface area contributed by atoms with Gasteiger partial charge in [0.05, 0.1) is 10.6 Å². The zero-order valence-electron chi connectivity index (χ0n) is 14.0. The number of aryl methyl sites for hydroxylation is 2. The first kappa shape index (κ1) is 18.0. The molecule has 0 saturated carbocycles. The Hall–Kier alpha value is -1.83. The number of carbonyl (C=O) groups excluding carboxylic acids is 1. The molecule has 0 radical (unpaired) electrons. The lowest BCUT2D eigenvalue weighted by Crippen LogP contribution is -2.50. The largest absolute Gasteiger partial charge is 0.466 e. The van der Waals surface area contributed by atoms with Crippen LogP contribution in [0.15, 0.2) is 39.6 Å². The van der Waals surface area contributed by atoms with Crippen molar-refractivity contribution in [1.29, 1.82) is 0 Å². The molecule has 1 aromatic heterocycles. The molecule has 1 fully saturated rings. The minimum atomic E-state index is -3.67. The Morgan fingerprint density at radius 2 is 1.76 bits per heavy atom. The highest BCUT2D eigenvalue weighted by Gasteiger charge is 2.32. The molecule has 3 rings (SSSR count). The van der Waals surface area contributed by atoms with E-state index in [4.69, 9.17) is 16.0 Å². The number of amides is 1. The summed E-state index contributed by atoms with van der Waals surface area (Å²) in [4.78, 5) is 14.3. The van der Waals surface area contributed by atoms with E-state index in [1.807, 2.05) is 0 Å². The molecule has 1 aliphatic rings. The number of rotatable bonds is 3. The Balaban J connectivity index is 1.73. The van der Waals surface area contributed by atoms with Crippen LogP contribution in [-0.2, 0) is 10.0 Å². The van der Waals surface area contributed by atoms with Crippen molar-refractivity contribution in [2.45, 2.75) is 18.7 Å². The molecular weight excluding hydrogens is 364 g/mol. The van der Waals surface area contributed by atoms with Gasteiger partial charge in [-0.25, -0.2) is 8.42 Å². The third-order valence-electron chi connectivity index (χ3n) is 4.25. The Morgan fingerprint density at radius 1 is 1.12 bits per heavy atom. The zero-order valence-corrected chi connectivity index (χ0v) is 15.6. The van der Waals surface area contributed by atoms with Crippen LogP contribution in [0.25, 0.3) is 0 Å². The van der Waals surface area contributed by atoms with E-state index in [1.54, 1.807) is 43.0 Å². The summed E-state index contributed by atoms with van der Waals surface area (Å²) in [5.74, 6) is 1.12. The van der Waals surface area contributed by atoms with Crippen LogP contribution in [0, 0.1) is 13.8 Å². The van der Waals surface area contributed by atoms with Crippen LogP contribution < -0.4 is 0 Å². The summed E-state index contributed by atoms with van der Waals surface area (Å²) in [5.41, 5.74) is 0.528. The lowest BCUT2D eigenvalue weighted by atomic mass is 10.2. The number of hydrogen-bond acceptors (Lipinski definition) is 4. The SMILES string of the molecule is Cc1cc(C(=O)N2CCN(S(=O)(=O)c3ccccc3Cl)CC2)c(C)o1. The maximum absolute atomic E-state index is 12.7. The van der Waals surface area contributed by atoms with E-state index < -0.39 is 10.0 Å². The third kappa shape index (κ3) is 3.44. The van der Waals surface area contributed by atoms with Gasteiger partial charge in [0.2, 0.25) is 10.0 Å². The van der Waals surface area contributed by atoms with Crippen molar-refractivity contribution in [2.24, 2.45) is 0 Å². The summed E-state index contributed by atoms with van der Waals surface area (Å²) >= 11 is 6.03. The zero-order chi connectivity index (χ0) is 18.2. The van der Waals surface area contributed by atoms with Gasteiger partial charge in [0, 0.05) is 26.2 Å². The number of benzene rings is 1. The van der Waals surface area contributed by atoms with Crippen molar-refractivity contribution in [3.05, 3.63) is 52.4 Å². The first-order valence-corrected chi connectivity index (χ1v) is 9.73. The molecule has 0 bridgehead atoms. The fourth-order valence-electron chi connectivity index (χ4n) is 2.94. The Bertz CT molecular complexity index is 899. The molecule has 1 amide bonds. The average molecular weight is 383 g/mol. The summed E-state index contributed by atoms with van der Waals surface area (Å²) in [5, 5.41) is 0.200. The number of halogens is 1. The lowest BCUT2D eigenvalue weighted by Gasteiger charge is -2.34. The summed E-state index contributed by atoms with van der Waals surface area (Å²) < 4.78 is 32.2. The van der Waals surface area contributed by atoms with Gasteiger partial charge < -0.3 is 9.32 Å². The van der Waals surface area contributed by atoms with E-state index in [0.29, 0.717) is 30.2 Å². The first-order valence-electron chi connectivity index (χ1n) is 7.91. The van der Waals surface area contributed by atoms with Gasteiger partial charge in [-0.2, -0.15) is 4.31 Å². The molecule has 1 aromatic carbocycles. The minimum Gasteiger partial charge on any atom is -0.466 e. The van der Waals surface area contributed by atoms with E-state index in [-0.39, 0.29) is 28.9 Å². The molecule has 6 nitrogen and oxygen atoms in total. The van der Waals surface area contributed by atoms with Crippen LogP contribution in [-0.4, -0.2) is 49.7 Å². The van der Waals surface area contributed by atoms with Crippen LogP contribution in [0.1, 0.15) is 21.9 Å². The van der Waals surface area contributed by atoms with Crippen LogP contribution in [0.2, 0.25) is 5.02 Å². The molecular formula is C17H19ClN2O4S. The molecule has 8 heteroatoms. The predicted molar refractivity (Wildman–Crippen MR) is 94.3 cm³/mol. The summed E-state index contributed by atoms with van der Waals surface area (Å²) in [7, 11) is -3.67. The van der Waals surface area contributed by atoms with E-state index in [0.717, 1.165) is 0 Å². The second-order valence-corrected chi connectivity index (χ2v) is 8.27. The van der Waals surface area contributed by atoms with Gasteiger partial charge in [-0.3, -0.25) is 4.79 Å². The minimum absolute atomic E-state index is 0.0951. The molecule has 25 heavy (non-hydrogen) atoms. The summed E-state index contributed by atoms with van der Waals surface area (Å²) in [6.45, 7) is 4.65. The average Bonchev–Trinajstić information content (AvgIpc) is 2.93. The highest BCUT2D eigenvalue weighted by Crippen LogP contribution is 2.25. The van der Waals surface area contributed by atoms with E-state index in [9.17, 15) is 13.2 Å². The van der Waals surface area contributed by atoms with Gasteiger partial charge in [-0.15, -0.1) is 0 Å². The van der Waals surface area contributed by atoms with Gasteiger partial charge in [0.15, 0.2) is 0 Å². The van der Waals surface area contributed by atoms with Crippen LogP contribution >= 0.6 is 11.6 Å². The smallest absolute Gasteiger partial charge is 0.257 e. The van der Waals surface area contributed by atoms with Gasteiger partial charge in [0.25, 0.3) is 5.91 Å². The molecule has 0 N–H and O–H groups in total. The van der Waals surface area contributed by atoms with Crippen molar-refractivity contribution in [1.82, 2.24) is 9.21 Å². The number of carbonyl (C=O) groups is 1. The number of sulfonamides is 1. The highest BCUT2D eigenvalue weighted by atomic mass is 35.5. The molecule has 2 heterocycles. The van der Waals surface area contributed by atoms with Crippen LogP contribution in [0.3, 0.4) is 0 Å². The quantitative estimate of drug-likeness (QED) is 0.818. The molecule has 0 spiro atoms. The maximum Gasteiger partial charge on any atom is 0.257 e. The summed E-state index contributed by atoms with van der Waals surface area (Å²) in [6.07, 6.45) is 0. The normalized spacial score (nSPS) is 16.2. The number of nitrogens with zero attached hydrogens (tertiary/aromatic N) is 2. The fourth-order valence-corrected chi connectivity index (χ4v) is 4.85. The topological polar surface area (TPSA) is 70.8 Å². The highest BCUT2D eigenvalue weighted by molar-refractivity contribution is 7.89. The van der Waals surface area contributed by atoms with E-state index in [2.05, 4.69) is 0 Å². The standard InChI is InChI=1S/C17H19ClN2O4S/c1-12-11-14(13(2)24-12)17(21)19-7-9-20(10-8-19)25(22,23)16-6-4-3-5-15(16)18/h3-6,11H,7-10H2,1-2H3. The first-order chi connectivity index (χ1) is 11.8. The van der Waals surface area contributed by atoms with E-state index in [1.165, 1.54) is 10.4 Å². The molecule has 0 aliphatic carbocycles. The molecule has 0 atom stereocenters. The second-order valence-electron chi connectivity index (χ2n) is 5.95. The Kier molecular flexibility index (Phi) is 4.90. The predicted octanol–water partition coefficient (Wildman–Crippen LogP) is 2.70. The second kappa shape index (κ2) is 6.82. The van der Waals surface area contributed by atoms with Crippen molar-refractivity contribution in [3.63, 3.8) is 0 Å². The van der Waals surface area contributed by atoms with E-state index >= 15 is 0 Å². The molecule has 0 unspecified atom stereocenters. The summed E-state index contributed by atoms with van der Waals surface area (Å²) in [6, 6.07) is 8.09.